The average molecular weight is 453 g/mol. The second-order valence-electron chi connectivity index (χ2n) is 9.33. The van der Waals surface area contributed by atoms with Crippen molar-refractivity contribution in [1.82, 2.24) is 10.2 Å². The van der Waals surface area contributed by atoms with Crippen LogP contribution < -0.4 is 5.32 Å². The van der Waals surface area contributed by atoms with Crippen molar-refractivity contribution in [2.24, 2.45) is 23.7 Å². The Morgan fingerprint density at radius 2 is 1.87 bits per heavy atom. The molecule has 8 nitrogen and oxygen atoms in total. The van der Waals surface area contributed by atoms with Gasteiger partial charge in [0.25, 0.3) is 0 Å². The van der Waals surface area contributed by atoms with E-state index in [0.717, 1.165) is 43.7 Å². The third kappa shape index (κ3) is 4.24. The third-order valence-corrected chi connectivity index (χ3v) is 8.57. The van der Waals surface area contributed by atoms with E-state index in [0.29, 0.717) is 11.2 Å². The van der Waals surface area contributed by atoms with E-state index in [2.05, 4.69) is 12.2 Å². The number of esters is 2. The first-order valence-corrected chi connectivity index (χ1v) is 12.1. The Morgan fingerprint density at radius 3 is 2.45 bits per heavy atom. The normalized spacial score (nSPS) is 34.0. The van der Waals surface area contributed by atoms with Crippen molar-refractivity contribution in [3.63, 3.8) is 0 Å². The van der Waals surface area contributed by atoms with Crippen molar-refractivity contribution in [3.8, 4) is 0 Å². The first-order valence-electron chi connectivity index (χ1n) is 11.3. The SMILES string of the molecule is CC1CCC(C(=O)OCOC(=O)C2=C(SC3CNC3)C(C)C3C(C(C)O)C(=O)N23)CC1. The van der Waals surface area contributed by atoms with Gasteiger partial charge in [0.2, 0.25) is 12.7 Å². The molecule has 4 rings (SSSR count). The van der Waals surface area contributed by atoms with Gasteiger partial charge in [0.05, 0.1) is 24.0 Å². The van der Waals surface area contributed by atoms with E-state index in [4.69, 9.17) is 9.47 Å². The number of rotatable bonds is 7. The highest BCUT2D eigenvalue weighted by Gasteiger charge is 2.60. The molecule has 3 aliphatic heterocycles. The van der Waals surface area contributed by atoms with E-state index in [-0.39, 0.29) is 35.5 Å². The minimum Gasteiger partial charge on any atom is -0.428 e. The fourth-order valence-corrected chi connectivity index (χ4v) is 6.43. The van der Waals surface area contributed by atoms with E-state index in [1.54, 1.807) is 18.7 Å². The van der Waals surface area contributed by atoms with Gasteiger partial charge in [-0.2, -0.15) is 0 Å². The van der Waals surface area contributed by atoms with Gasteiger partial charge in [0.1, 0.15) is 5.70 Å². The standard InChI is InChI=1S/C22H32N2O6S/c1-11-4-6-14(7-5-11)21(27)29-10-30-22(28)18-19(31-15-8-23-9-15)12(2)17-16(13(3)25)20(26)24(17)18/h11-17,23,25H,4-10H2,1-3H3. The zero-order chi connectivity index (χ0) is 22.3. The quantitative estimate of drug-likeness (QED) is 0.341. The van der Waals surface area contributed by atoms with Gasteiger partial charge in [-0.15, -0.1) is 11.8 Å². The smallest absolute Gasteiger partial charge is 0.358 e. The largest absolute Gasteiger partial charge is 0.428 e. The molecule has 2 N–H and O–H groups in total. The molecule has 1 saturated carbocycles. The molecule has 4 atom stereocenters. The lowest BCUT2D eigenvalue weighted by molar-refractivity contribution is -0.174. The second kappa shape index (κ2) is 9.11. The molecular formula is C22H32N2O6S. The van der Waals surface area contributed by atoms with Gasteiger partial charge in [0, 0.05) is 29.2 Å². The highest BCUT2D eigenvalue weighted by Crippen LogP contribution is 2.51. The minimum absolute atomic E-state index is 0.0581. The first kappa shape index (κ1) is 22.6. The van der Waals surface area contributed by atoms with Crippen molar-refractivity contribution >= 4 is 29.6 Å². The van der Waals surface area contributed by atoms with Crippen molar-refractivity contribution in [2.75, 3.05) is 19.9 Å². The molecule has 2 saturated heterocycles. The van der Waals surface area contributed by atoms with Crippen molar-refractivity contribution in [2.45, 2.75) is 63.9 Å². The summed E-state index contributed by atoms with van der Waals surface area (Å²) in [5, 5.41) is 13.6. The van der Waals surface area contributed by atoms with Crippen LogP contribution in [0.15, 0.2) is 10.6 Å². The predicted molar refractivity (Wildman–Crippen MR) is 114 cm³/mol. The molecule has 0 aromatic carbocycles. The molecule has 0 aromatic rings. The molecule has 172 valence electrons. The van der Waals surface area contributed by atoms with Gasteiger partial charge in [-0.25, -0.2) is 4.79 Å². The molecule has 3 fully saturated rings. The molecule has 3 heterocycles. The van der Waals surface area contributed by atoms with Crippen LogP contribution in [-0.2, 0) is 23.9 Å². The number of aliphatic hydroxyl groups is 1. The van der Waals surface area contributed by atoms with Gasteiger partial charge in [0.15, 0.2) is 0 Å². The molecular weight excluding hydrogens is 420 g/mol. The fourth-order valence-electron chi connectivity index (χ4n) is 5.02. The van der Waals surface area contributed by atoms with E-state index >= 15 is 0 Å². The molecule has 0 aromatic heterocycles. The van der Waals surface area contributed by atoms with Gasteiger partial charge < -0.3 is 24.8 Å². The van der Waals surface area contributed by atoms with Crippen LogP contribution in [0.25, 0.3) is 0 Å². The molecule has 4 unspecified atom stereocenters. The maximum atomic E-state index is 12.9. The lowest BCUT2D eigenvalue weighted by Gasteiger charge is -2.46. The lowest BCUT2D eigenvalue weighted by Crippen LogP contribution is -2.63. The van der Waals surface area contributed by atoms with Crippen LogP contribution in [0, 0.1) is 23.7 Å². The summed E-state index contributed by atoms with van der Waals surface area (Å²) in [6, 6.07) is -0.239. The van der Waals surface area contributed by atoms with Gasteiger partial charge in [-0.05, 0) is 38.5 Å². The van der Waals surface area contributed by atoms with Gasteiger partial charge in [-0.3, -0.25) is 9.59 Å². The topological polar surface area (TPSA) is 105 Å². The molecule has 0 radical (unpaired) electrons. The summed E-state index contributed by atoms with van der Waals surface area (Å²) in [7, 11) is 0. The first-order chi connectivity index (χ1) is 14.8. The number of carbonyl (C=O) groups excluding carboxylic acids is 3. The van der Waals surface area contributed by atoms with Crippen molar-refractivity contribution < 1.29 is 29.0 Å². The Bertz CT molecular complexity index is 772. The van der Waals surface area contributed by atoms with Gasteiger partial charge >= 0.3 is 11.9 Å². The van der Waals surface area contributed by atoms with Crippen LogP contribution >= 0.6 is 11.8 Å². The summed E-state index contributed by atoms with van der Waals surface area (Å²) in [6.45, 7) is 7.02. The summed E-state index contributed by atoms with van der Waals surface area (Å²) in [6.07, 6.45) is 2.84. The summed E-state index contributed by atoms with van der Waals surface area (Å²) in [5.41, 5.74) is 0.249. The number of carbonyl (C=O) groups is 3. The zero-order valence-electron chi connectivity index (χ0n) is 18.3. The highest BCUT2D eigenvalue weighted by molar-refractivity contribution is 8.03. The van der Waals surface area contributed by atoms with Crippen molar-refractivity contribution in [3.05, 3.63) is 10.6 Å². The van der Waals surface area contributed by atoms with Crippen LogP contribution in [0.5, 0.6) is 0 Å². The van der Waals surface area contributed by atoms with Crippen LogP contribution in [0.3, 0.4) is 0 Å². The molecule has 4 aliphatic rings. The molecule has 31 heavy (non-hydrogen) atoms. The number of amides is 1. The highest BCUT2D eigenvalue weighted by atomic mass is 32.2. The summed E-state index contributed by atoms with van der Waals surface area (Å²) in [5.74, 6) is -1.30. The number of fused-ring (bicyclic) bond motifs is 1. The number of hydrogen-bond acceptors (Lipinski definition) is 8. The number of β-lactam (4-membered cyclic amide) rings is 1. The Balaban J connectivity index is 1.40. The van der Waals surface area contributed by atoms with Crippen molar-refractivity contribution in [1.29, 1.82) is 0 Å². The van der Waals surface area contributed by atoms with E-state index in [9.17, 15) is 19.5 Å². The van der Waals surface area contributed by atoms with E-state index in [1.807, 2.05) is 6.92 Å². The fraction of sp³-hybridized carbons (Fsp3) is 0.773. The van der Waals surface area contributed by atoms with Crippen LogP contribution in [-0.4, -0.2) is 65.1 Å². The number of ether oxygens (including phenoxy) is 2. The zero-order valence-corrected chi connectivity index (χ0v) is 19.2. The summed E-state index contributed by atoms with van der Waals surface area (Å²) < 4.78 is 10.5. The molecule has 9 heteroatoms. The van der Waals surface area contributed by atoms with Gasteiger partial charge in [-0.1, -0.05) is 13.8 Å². The predicted octanol–water partition coefficient (Wildman–Crippen LogP) is 1.63. The maximum Gasteiger partial charge on any atom is 0.358 e. The van der Waals surface area contributed by atoms with E-state index < -0.39 is 24.8 Å². The Hall–Kier alpha value is -1.58. The second-order valence-corrected chi connectivity index (χ2v) is 10.7. The molecule has 0 bridgehead atoms. The monoisotopic (exact) mass is 452 g/mol. The average Bonchev–Trinajstić information content (AvgIpc) is 2.93. The van der Waals surface area contributed by atoms with Crippen LogP contribution in [0.1, 0.15) is 46.5 Å². The number of thioether (sulfide) groups is 1. The van der Waals surface area contributed by atoms with E-state index in [1.165, 1.54) is 4.90 Å². The minimum atomic E-state index is -0.776. The summed E-state index contributed by atoms with van der Waals surface area (Å²) in [4.78, 5) is 40.2. The Labute approximate surface area is 187 Å². The Morgan fingerprint density at radius 1 is 1.19 bits per heavy atom. The molecule has 1 aliphatic carbocycles. The lowest BCUT2D eigenvalue weighted by atomic mass is 9.79. The number of nitrogens with zero attached hydrogens (tertiary/aromatic N) is 1. The molecule has 1 amide bonds. The molecule has 0 spiro atoms. The number of hydrogen-bond donors (Lipinski definition) is 2. The number of nitrogens with one attached hydrogen (secondary N) is 1. The number of aliphatic hydroxyl groups excluding tert-OH is 1. The van der Waals surface area contributed by atoms with Crippen LogP contribution in [0.4, 0.5) is 0 Å². The maximum absolute atomic E-state index is 12.9. The Kier molecular flexibility index (Phi) is 6.65. The third-order valence-electron chi connectivity index (χ3n) is 7.08. The summed E-state index contributed by atoms with van der Waals surface area (Å²) >= 11 is 1.60. The van der Waals surface area contributed by atoms with Crippen LogP contribution in [0.2, 0.25) is 0 Å².